The number of benzene rings is 2. The number of ketones is 1. The Kier molecular flexibility index (Phi) is 5.69. The smallest absolute Gasteiger partial charge is 0.240 e. The first-order valence-corrected chi connectivity index (χ1v) is 10.5. The summed E-state index contributed by atoms with van der Waals surface area (Å²) in [6, 6.07) is 13.8. The molecule has 0 radical (unpaired) electrons. The first-order chi connectivity index (χ1) is 14.0. The van der Waals surface area contributed by atoms with Gasteiger partial charge in [-0.15, -0.1) is 0 Å². The van der Waals surface area contributed by atoms with Gasteiger partial charge in [-0.25, -0.2) is 0 Å². The fourth-order valence-corrected chi connectivity index (χ4v) is 4.11. The minimum Gasteiger partial charge on any atom is -0.325 e. The summed E-state index contributed by atoms with van der Waals surface area (Å²) in [7, 11) is 0. The summed E-state index contributed by atoms with van der Waals surface area (Å²) in [6.45, 7) is 0. The van der Waals surface area contributed by atoms with Gasteiger partial charge < -0.3 is 10.6 Å². The average Bonchev–Trinajstić information content (AvgIpc) is 3.46. The van der Waals surface area contributed by atoms with Crippen LogP contribution >= 0.6 is 23.4 Å². The van der Waals surface area contributed by atoms with Crippen LogP contribution in [-0.2, 0) is 9.59 Å². The topological polar surface area (TPSA) is 87.6 Å². The van der Waals surface area contributed by atoms with Crippen molar-refractivity contribution < 1.29 is 14.4 Å². The highest BCUT2D eigenvalue weighted by molar-refractivity contribution is 8.15. The number of amides is 2. The normalized spacial score (nSPS) is 19.8. The third-order valence-electron chi connectivity index (χ3n) is 4.53. The Labute approximate surface area is 177 Å². The molecule has 0 aromatic heterocycles. The predicted octanol–water partition coefficient (Wildman–Crippen LogP) is 3.65. The fraction of sp³-hybridized carbons (Fsp3) is 0.238. The van der Waals surface area contributed by atoms with Crippen molar-refractivity contribution in [3.8, 4) is 0 Å². The minimum atomic E-state index is -0.534. The molecule has 1 aliphatic heterocycles. The number of halogens is 1. The van der Waals surface area contributed by atoms with Crippen LogP contribution in [0, 0.1) is 0 Å². The van der Waals surface area contributed by atoms with Crippen molar-refractivity contribution in [1.82, 2.24) is 5.32 Å². The lowest BCUT2D eigenvalue weighted by molar-refractivity contribution is -0.122. The standard InChI is InChI=1S/C21H18ClN3O3S/c22-13-6-9-16(15(10-13)19(27)12-4-2-1-3-5-12)24-18(26)11-17-20(28)25-21(29-17)23-14-7-8-14/h1-6,9-10,14,17H,7-8,11H2,(H,24,26)(H,23,25,28). The molecular weight excluding hydrogens is 410 g/mol. The summed E-state index contributed by atoms with van der Waals surface area (Å²) < 4.78 is 0. The molecule has 148 valence electrons. The SMILES string of the molecule is O=C(CC1SC(=NC2CC2)NC1=O)Nc1ccc(Cl)cc1C(=O)c1ccccc1. The lowest BCUT2D eigenvalue weighted by Crippen LogP contribution is -2.28. The van der Waals surface area contributed by atoms with E-state index in [1.54, 1.807) is 36.4 Å². The molecule has 2 amide bonds. The first kappa shape index (κ1) is 19.7. The Balaban J connectivity index is 1.47. The third-order valence-corrected chi connectivity index (χ3v) is 5.86. The van der Waals surface area contributed by atoms with Gasteiger partial charge in [0.1, 0.15) is 5.25 Å². The van der Waals surface area contributed by atoms with E-state index in [1.165, 1.54) is 17.8 Å². The van der Waals surface area contributed by atoms with Crippen LogP contribution in [0.15, 0.2) is 53.5 Å². The molecule has 29 heavy (non-hydrogen) atoms. The molecule has 2 N–H and O–H groups in total. The van der Waals surface area contributed by atoms with Crippen LogP contribution < -0.4 is 10.6 Å². The lowest BCUT2D eigenvalue weighted by atomic mass is 10.0. The highest BCUT2D eigenvalue weighted by atomic mass is 35.5. The minimum absolute atomic E-state index is 0.0121. The molecule has 6 nitrogen and oxygen atoms in total. The summed E-state index contributed by atoms with van der Waals surface area (Å²) >= 11 is 7.35. The molecular formula is C21H18ClN3O3S. The number of carbonyl (C=O) groups is 3. The molecule has 1 atom stereocenters. The molecule has 8 heteroatoms. The molecule has 1 unspecified atom stereocenters. The third kappa shape index (κ3) is 4.86. The van der Waals surface area contributed by atoms with E-state index in [-0.39, 0.29) is 24.0 Å². The van der Waals surface area contributed by atoms with Crippen LogP contribution in [0.3, 0.4) is 0 Å². The largest absolute Gasteiger partial charge is 0.325 e. The molecule has 2 aliphatic rings. The molecule has 2 aromatic rings. The Bertz CT molecular complexity index is 1010. The van der Waals surface area contributed by atoms with Crippen LogP contribution in [0.2, 0.25) is 5.02 Å². The maximum atomic E-state index is 12.9. The van der Waals surface area contributed by atoms with E-state index >= 15 is 0 Å². The highest BCUT2D eigenvalue weighted by Crippen LogP contribution is 2.29. The number of anilines is 1. The van der Waals surface area contributed by atoms with Crippen molar-refractivity contribution in [2.75, 3.05) is 5.32 Å². The highest BCUT2D eigenvalue weighted by Gasteiger charge is 2.34. The van der Waals surface area contributed by atoms with Crippen molar-refractivity contribution in [2.24, 2.45) is 4.99 Å². The van der Waals surface area contributed by atoms with Crippen molar-refractivity contribution >= 4 is 51.8 Å². The van der Waals surface area contributed by atoms with E-state index in [4.69, 9.17) is 11.6 Å². The molecule has 4 rings (SSSR count). The van der Waals surface area contributed by atoms with Crippen LogP contribution in [0.5, 0.6) is 0 Å². The number of nitrogens with zero attached hydrogens (tertiary/aromatic N) is 1. The van der Waals surface area contributed by atoms with E-state index in [2.05, 4.69) is 15.6 Å². The van der Waals surface area contributed by atoms with Gasteiger partial charge in [0.05, 0.1) is 11.7 Å². The van der Waals surface area contributed by atoms with E-state index in [0.29, 0.717) is 33.0 Å². The van der Waals surface area contributed by atoms with Crippen molar-refractivity contribution in [3.05, 3.63) is 64.7 Å². The van der Waals surface area contributed by atoms with Gasteiger partial charge in [-0.1, -0.05) is 53.7 Å². The maximum Gasteiger partial charge on any atom is 0.240 e. The number of hydrogen-bond donors (Lipinski definition) is 2. The number of carbonyl (C=O) groups excluding carboxylic acids is 3. The molecule has 2 aromatic carbocycles. The molecule has 1 saturated heterocycles. The monoisotopic (exact) mass is 427 g/mol. The fourth-order valence-electron chi connectivity index (χ4n) is 2.90. The summed E-state index contributed by atoms with van der Waals surface area (Å²) in [4.78, 5) is 41.9. The maximum absolute atomic E-state index is 12.9. The van der Waals surface area contributed by atoms with Crippen LogP contribution in [0.1, 0.15) is 35.2 Å². The molecule has 2 fully saturated rings. The molecule has 0 bridgehead atoms. The van der Waals surface area contributed by atoms with Crippen LogP contribution in [0.25, 0.3) is 0 Å². The zero-order chi connectivity index (χ0) is 20.4. The second kappa shape index (κ2) is 8.39. The van der Waals surface area contributed by atoms with Crippen LogP contribution in [-0.4, -0.2) is 34.1 Å². The van der Waals surface area contributed by atoms with Gasteiger partial charge in [0.2, 0.25) is 11.8 Å². The second-order valence-corrected chi connectivity index (χ2v) is 8.53. The van der Waals surface area contributed by atoms with E-state index in [9.17, 15) is 14.4 Å². The van der Waals surface area contributed by atoms with Gasteiger partial charge in [0, 0.05) is 22.6 Å². The molecule has 1 saturated carbocycles. The quantitative estimate of drug-likeness (QED) is 0.689. The number of thioether (sulfide) groups is 1. The summed E-state index contributed by atoms with van der Waals surface area (Å²) in [6.07, 6.45) is 2.07. The summed E-state index contributed by atoms with van der Waals surface area (Å²) in [5.74, 6) is -0.814. The number of aliphatic imine (C=N–C) groups is 1. The Morgan fingerprint density at radius 2 is 1.93 bits per heavy atom. The van der Waals surface area contributed by atoms with E-state index < -0.39 is 5.25 Å². The Morgan fingerprint density at radius 3 is 2.66 bits per heavy atom. The summed E-state index contributed by atoms with van der Waals surface area (Å²) in [5, 5.41) is 5.93. The van der Waals surface area contributed by atoms with Crippen molar-refractivity contribution in [1.29, 1.82) is 0 Å². The zero-order valence-corrected chi connectivity index (χ0v) is 16.9. The van der Waals surface area contributed by atoms with E-state index in [1.807, 2.05) is 6.07 Å². The second-order valence-electron chi connectivity index (χ2n) is 6.90. The van der Waals surface area contributed by atoms with E-state index in [0.717, 1.165) is 12.8 Å². The van der Waals surface area contributed by atoms with Gasteiger partial charge in [0.15, 0.2) is 11.0 Å². The van der Waals surface area contributed by atoms with Crippen molar-refractivity contribution in [3.63, 3.8) is 0 Å². The number of amidine groups is 1. The van der Waals surface area contributed by atoms with Gasteiger partial charge in [-0.2, -0.15) is 0 Å². The average molecular weight is 428 g/mol. The first-order valence-electron chi connectivity index (χ1n) is 9.24. The van der Waals surface area contributed by atoms with Gasteiger partial charge >= 0.3 is 0 Å². The van der Waals surface area contributed by atoms with Gasteiger partial charge in [-0.3, -0.25) is 19.4 Å². The van der Waals surface area contributed by atoms with Gasteiger partial charge in [0.25, 0.3) is 0 Å². The number of nitrogens with one attached hydrogen (secondary N) is 2. The summed E-state index contributed by atoms with van der Waals surface area (Å²) in [5.41, 5.74) is 1.16. The zero-order valence-electron chi connectivity index (χ0n) is 15.4. The molecule has 1 aliphatic carbocycles. The molecule has 1 heterocycles. The Hall–Kier alpha value is -2.64. The molecule has 0 spiro atoms. The van der Waals surface area contributed by atoms with Crippen LogP contribution in [0.4, 0.5) is 5.69 Å². The number of hydrogen-bond acceptors (Lipinski definition) is 5. The number of rotatable bonds is 6. The van der Waals surface area contributed by atoms with Crippen molar-refractivity contribution in [2.45, 2.75) is 30.6 Å². The lowest BCUT2D eigenvalue weighted by Gasteiger charge is -2.12. The van der Waals surface area contributed by atoms with Gasteiger partial charge in [-0.05, 0) is 31.0 Å². The predicted molar refractivity (Wildman–Crippen MR) is 115 cm³/mol. The Morgan fingerprint density at radius 1 is 1.17 bits per heavy atom.